The van der Waals surface area contributed by atoms with Crippen LogP contribution in [0.1, 0.15) is 5.76 Å². The molecule has 0 unspecified atom stereocenters. The van der Waals surface area contributed by atoms with Gasteiger partial charge in [-0.3, -0.25) is 0 Å². The SMILES string of the molecule is O=S(=O)(NCc1cnc(-c2ccccc2)o1)c1ccccc1. The van der Waals surface area contributed by atoms with E-state index in [0.717, 1.165) is 5.56 Å². The molecule has 22 heavy (non-hydrogen) atoms. The second-order valence-corrected chi connectivity index (χ2v) is 6.40. The molecule has 0 aliphatic rings. The highest BCUT2D eigenvalue weighted by Crippen LogP contribution is 2.18. The van der Waals surface area contributed by atoms with Crippen LogP contribution in [0.3, 0.4) is 0 Å². The van der Waals surface area contributed by atoms with E-state index in [0.29, 0.717) is 11.7 Å². The highest BCUT2D eigenvalue weighted by atomic mass is 32.2. The van der Waals surface area contributed by atoms with Crippen LogP contribution in [-0.4, -0.2) is 13.4 Å². The summed E-state index contributed by atoms with van der Waals surface area (Å²) in [5, 5.41) is 0. The summed E-state index contributed by atoms with van der Waals surface area (Å²) in [6.07, 6.45) is 1.52. The van der Waals surface area contributed by atoms with Crippen LogP contribution in [0.25, 0.3) is 11.5 Å². The average molecular weight is 314 g/mol. The normalized spacial score (nSPS) is 11.5. The summed E-state index contributed by atoms with van der Waals surface area (Å²) in [6, 6.07) is 17.6. The Morgan fingerprint density at radius 1 is 0.955 bits per heavy atom. The fourth-order valence-electron chi connectivity index (χ4n) is 1.95. The van der Waals surface area contributed by atoms with Crippen molar-refractivity contribution in [1.82, 2.24) is 9.71 Å². The van der Waals surface area contributed by atoms with Gasteiger partial charge in [-0.25, -0.2) is 18.1 Å². The first-order valence-electron chi connectivity index (χ1n) is 6.70. The lowest BCUT2D eigenvalue weighted by Crippen LogP contribution is -2.22. The van der Waals surface area contributed by atoms with Crippen molar-refractivity contribution in [3.05, 3.63) is 72.6 Å². The first-order chi connectivity index (χ1) is 10.6. The van der Waals surface area contributed by atoms with Gasteiger partial charge in [0.1, 0.15) is 5.76 Å². The van der Waals surface area contributed by atoms with Gasteiger partial charge in [0.05, 0.1) is 17.6 Å². The minimum atomic E-state index is -3.55. The molecule has 0 saturated heterocycles. The fourth-order valence-corrected chi connectivity index (χ4v) is 2.97. The van der Waals surface area contributed by atoms with Crippen LogP contribution >= 0.6 is 0 Å². The zero-order valence-electron chi connectivity index (χ0n) is 11.6. The molecular weight excluding hydrogens is 300 g/mol. The number of rotatable bonds is 5. The van der Waals surface area contributed by atoms with E-state index in [9.17, 15) is 8.42 Å². The van der Waals surface area contributed by atoms with Crippen molar-refractivity contribution in [2.24, 2.45) is 0 Å². The molecule has 1 aromatic heterocycles. The van der Waals surface area contributed by atoms with E-state index >= 15 is 0 Å². The molecule has 0 bridgehead atoms. The quantitative estimate of drug-likeness (QED) is 0.786. The third-order valence-corrected chi connectivity index (χ3v) is 4.48. The maximum absolute atomic E-state index is 12.1. The Hall–Kier alpha value is -2.44. The molecule has 0 aliphatic heterocycles. The van der Waals surface area contributed by atoms with Gasteiger partial charge in [-0.05, 0) is 24.3 Å². The van der Waals surface area contributed by atoms with E-state index in [1.165, 1.54) is 18.3 Å². The monoisotopic (exact) mass is 314 g/mol. The number of aromatic nitrogens is 1. The number of oxazole rings is 1. The summed E-state index contributed by atoms with van der Waals surface area (Å²) in [6.45, 7) is 0.0526. The van der Waals surface area contributed by atoms with Crippen LogP contribution in [0.2, 0.25) is 0 Å². The van der Waals surface area contributed by atoms with Crippen molar-refractivity contribution < 1.29 is 12.8 Å². The molecule has 6 heteroatoms. The molecular formula is C16H14N2O3S. The van der Waals surface area contributed by atoms with Crippen molar-refractivity contribution in [2.75, 3.05) is 0 Å². The van der Waals surface area contributed by atoms with Crippen molar-refractivity contribution in [3.8, 4) is 11.5 Å². The topological polar surface area (TPSA) is 72.2 Å². The van der Waals surface area contributed by atoms with E-state index in [-0.39, 0.29) is 11.4 Å². The highest BCUT2D eigenvalue weighted by Gasteiger charge is 2.14. The number of nitrogens with one attached hydrogen (secondary N) is 1. The zero-order valence-corrected chi connectivity index (χ0v) is 12.5. The number of sulfonamides is 1. The number of nitrogens with zero attached hydrogens (tertiary/aromatic N) is 1. The molecule has 0 amide bonds. The van der Waals surface area contributed by atoms with Gasteiger partial charge in [0, 0.05) is 5.56 Å². The molecule has 2 aromatic carbocycles. The maximum Gasteiger partial charge on any atom is 0.240 e. The molecule has 1 N–H and O–H groups in total. The summed E-state index contributed by atoms with van der Waals surface area (Å²) in [5.74, 6) is 0.924. The third-order valence-electron chi connectivity index (χ3n) is 3.06. The molecule has 3 aromatic rings. The molecule has 0 aliphatic carbocycles. The Morgan fingerprint density at radius 2 is 1.59 bits per heavy atom. The van der Waals surface area contributed by atoms with Crippen LogP contribution in [0.5, 0.6) is 0 Å². The van der Waals surface area contributed by atoms with Crippen LogP contribution in [-0.2, 0) is 16.6 Å². The Balaban J connectivity index is 1.72. The van der Waals surface area contributed by atoms with E-state index in [4.69, 9.17) is 4.42 Å². The Labute approximate surface area is 128 Å². The molecule has 0 atom stereocenters. The minimum absolute atomic E-state index is 0.0526. The zero-order chi connectivity index (χ0) is 15.4. The number of hydrogen-bond acceptors (Lipinski definition) is 4. The van der Waals surface area contributed by atoms with Crippen molar-refractivity contribution >= 4 is 10.0 Å². The smallest absolute Gasteiger partial charge is 0.240 e. The van der Waals surface area contributed by atoms with Gasteiger partial charge >= 0.3 is 0 Å². The van der Waals surface area contributed by atoms with Gasteiger partial charge in [-0.15, -0.1) is 0 Å². The first-order valence-corrected chi connectivity index (χ1v) is 8.18. The van der Waals surface area contributed by atoms with E-state index in [1.54, 1.807) is 18.2 Å². The van der Waals surface area contributed by atoms with E-state index in [1.807, 2.05) is 30.3 Å². The summed E-state index contributed by atoms with van der Waals surface area (Å²) in [5.41, 5.74) is 0.847. The third kappa shape index (κ3) is 3.24. The average Bonchev–Trinajstić information content (AvgIpc) is 3.04. The number of hydrogen-bond donors (Lipinski definition) is 1. The van der Waals surface area contributed by atoms with Crippen LogP contribution in [0.4, 0.5) is 0 Å². The van der Waals surface area contributed by atoms with Gasteiger partial charge in [0.15, 0.2) is 0 Å². The minimum Gasteiger partial charge on any atom is -0.440 e. The van der Waals surface area contributed by atoms with Gasteiger partial charge in [0.2, 0.25) is 15.9 Å². The molecule has 0 fully saturated rings. The summed E-state index contributed by atoms with van der Waals surface area (Å²) in [4.78, 5) is 4.38. The largest absolute Gasteiger partial charge is 0.440 e. The molecule has 0 radical (unpaired) electrons. The predicted octanol–water partition coefficient (Wildman–Crippen LogP) is 2.82. The molecule has 5 nitrogen and oxygen atoms in total. The lowest BCUT2D eigenvalue weighted by molar-refractivity contribution is 0.506. The molecule has 112 valence electrons. The maximum atomic E-state index is 12.1. The van der Waals surface area contributed by atoms with Gasteiger partial charge < -0.3 is 4.42 Å². The van der Waals surface area contributed by atoms with Crippen molar-refractivity contribution in [1.29, 1.82) is 0 Å². The summed E-state index contributed by atoms with van der Waals surface area (Å²) < 4.78 is 32.3. The molecule has 0 spiro atoms. The Morgan fingerprint density at radius 3 is 2.27 bits per heavy atom. The van der Waals surface area contributed by atoms with E-state index < -0.39 is 10.0 Å². The second kappa shape index (κ2) is 6.13. The molecule has 1 heterocycles. The van der Waals surface area contributed by atoms with Crippen LogP contribution in [0.15, 0.2) is 76.2 Å². The summed E-state index contributed by atoms with van der Waals surface area (Å²) >= 11 is 0. The van der Waals surface area contributed by atoms with Crippen molar-refractivity contribution in [2.45, 2.75) is 11.4 Å². The lowest BCUT2D eigenvalue weighted by atomic mass is 10.2. The lowest BCUT2D eigenvalue weighted by Gasteiger charge is -2.04. The standard InChI is InChI=1S/C16H14N2O3S/c19-22(20,15-9-5-2-6-10-15)18-12-14-11-17-16(21-14)13-7-3-1-4-8-13/h1-11,18H,12H2. The first kappa shape index (κ1) is 14.5. The highest BCUT2D eigenvalue weighted by molar-refractivity contribution is 7.89. The Bertz CT molecular complexity index is 843. The van der Waals surface area contributed by atoms with Gasteiger partial charge in [-0.2, -0.15) is 0 Å². The van der Waals surface area contributed by atoms with Crippen LogP contribution < -0.4 is 4.72 Å². The fraction of sp³-hybridized carbons (Fsp3) is 0.0625. The summed E-state index contributed by atoms with van der Waals surface area (Å²) in [7, 11) is -3.55. The van der Waals surface area contributed by atoms with Crippen LogP contribution in [0, 0.1) is 0 Å². The number of benzene rings is 2. The van der Waals surface area contributed by atoms with E-state index in [2.05, 4.69) is 9.71 Å². The van der Waals surface area contributed by atoms with Gasteiger partial charge in [0.25, 0.3) is 0 Å². The van der Waals surface area contributed by atoms with Gasteiger partial charge in [-0.1, -0.05) is 36.4 Å². The molecule has 3 rings (SSSR count). The molecule has 0 saturated carbocycles. The Kier molecular flexibility index (Phi) is 4.04. The predicted molar refractivity (Wildman–Crippen MR) is 82.4 cm³/mol. The second-order valence-electron chi connectivity index (χ2n) is 4.64. The van der Waals surface area contributed by atoms with Crippen molar-refractivity contribution in [3.63, 3.8) is 0 Å².